The Kier molecular flexibility index (Phi) is 3.36. The molecule has 16 heavy (non-hydrogen) atoms. The van der Waals surface area contributed by atoms with Crippen molar-refractivity contribution in [2.45, 2.75) is 19.9 Å². The molecule has 84 valence electrons. The molecule has 0 radical (unpaired) electrons. The van der Waals surface area contributed by atoms with E-state index in [0.717, 1.165) is 5.69 Å². The van der Waals surface area contributed by atoms with E-state index in [9.17, 15) is 0 Å². The summed E-state index contributed by atoms with van der Waals surface area (Å²) in [5.74, 6) is 0. The quantitative estimate of drug-likeness (QED) is 0.879. The normalized spacial score (nSPS) is 12.7. The molecule has 0 saturated heterocycles. The van der Waals surface area contributed by atoms with Crippen LogP contribution in [-0.2, 0) is 0 Å². The van der Waals surface area contributed by atoms with Gasteiger partial charge in [-0.1, -0.05) is 0 Å². The van der Waals surface area contributed by atoms with E-state index < -0.39 is 0 Å². The minimum Gasteiger partial charge on any atom is -0.308 e. The van der Waals surface area contributed by atoms with Crippen LogP contribution in [0.4, 0.5) is 0 Å². The molecular weight excluding hydrogens is 216 g/mol. The van der Waals surface area contributed by atoms with Crippen molar-refractivity contribution in [1.29, 1.82) is 0 Å². The van der Waals surface area contributed by atoms with Crippen LogP contribution >= 0.6 is 11.3 Å². The summed E-state index contributed by atoms with van der Waals surface area (Å²) in [5.41, 5.74) is 3.63. The molecule has 1 unspecified atom stereocenters. The molecular formula is C13H16N2S. The number of pyridine rings is 1. The van der Waals surface area contributed by atoms with E-state index in [-0.39, 0.29) is 6.04 Å². The summed E-state index contributed by atoms with van der Waals surface area (Å²) >= 11 is 1.78. The van der Waals surface area contributed by atoms with E-state index in [1.807, 2.05) is 19.3 Å². The molecule has 2 aromatic rings. The molecule has 0 aliphatic heterocycles. The molecule has 0 aliphatic carbocycles. The fourth-order valence-electron chi connectivity index (χ4n) is 1.82. The van der Waals surface area contributed by atoms with E-state index in [2.05, 4.69) is 41.7 Å². The molecule has 2 heterocycles. The fourth-order valence-corrected chi connectivity index (χ4v) is 2.55. The first kappa shape index (κ1) is 11.3. The van der Waals surface area contributed by atoms with Gasteiger partial charge in [-0.15, -0.1) is 11.3 Å². The predicted octanol–water partition coefficient (Wildman–Crippen LogP) is 3.07. The molecule has 0 aromatic carbocycles. The van der Waals surface area contributed by atoms with Crippen LogP contribution < -0.4 is 5.32 Å². The molecule has 0 fully saturated rings. The Morgan fingerprint density at radius 1 is 1.31 bits per heavy atom. The first-order valence-electron chi connectivity index (χ1n) is 5.35. The van der Waals surface area contributed by atoms with E-state index in [0.29, 0.717) is 0 Å². The Morgan fingerprint density at radius 3 is 2.69 bits per heavy atom. The molecule has 3 heteroatoms. The van der Waals surface area contributed by atoms with Gasteiger partial charge in [0.2, 0.25) is 0 Å². The van der Waals surface area contributed by atoms with Gasteiger partial charge in [0.15, 0.2) is 0 Å². The Morgan fingerprint density at radius 2 is 2.12 bits per heavy atom. The predicted molar refractivity (Wildman–Crippen MR) is 68.9 cm³/mol. The maximum absolute atomic E-state index is 4.44. The number of aryl methyl sites for hydroxylation is 2. The minimum atomic E-state index is 0.199. The van der Waals surface area contributed by atoms with E-state index in [1.54, 1.807) is 11.3 Å². The largest absolute Gasteiger partial charge is 0.308 e. The molecule has 0 spiro atoms. The van der Waals surface area contributed by atoms with Crippen molar-refractivity contribution < 1.29 is 0 Å². The number of nitrogens with one attached hydrogen (secondary N) is 1. The summed E-state index contributed by atoms with van der Waals surface area (Å²) in [7, 11) is 1.97. The highest BCUT2D eigenvalue weighted by molar-refractivity contribution is 7.10. The van der Waals surface area contributed by atoms with Crippen LogP contribution in [-0.4, -0.2) is 12.0 Å². The Balaban J connectivity index is 2.36. The van der Waals surface area contributed by atoms with Crippen LogP contribution in [0.2, 0.25) is 0 Å². The number of nitrogens with zero attached hydrogens (tertiary/aromatic N) is 1. The SMILES string of the molecule is CNC(c1csc(C)c1)c1cc(C)ccn1. The topological polar surface area (TPSA) is 24.9 Å². The van der Waals surface area contributed by atoms with Gasteiger partial charge in [0, 0.05) is 11.1 Å². The maximum Gasteiger partial charge on any atom is 0.0757 e. The average Bonchev–Trinajstić information content (AvgIpc) is 2.66. The summed E-state index contributed by atoms with van der Waals surface area (Å²) in [5, 5.41) is 5.51. The third kappa shape index (κ3) is 2.31. The fraction of sp³-hybridized carbons (Fsp3) is 0.308. The van der Waals surface area contributed by atoms with Crippen molar-refractivity contribution in [2.75, 3.05) is 7.05 Å². The first-order valence-corrected chi connectivity index (χ1v) is 6.23. The van der Waals surface area contributed by atoms with Crippen LogP contribution in [0.5, 0.6) is 0 Å². The molecule has 1 atom stereocenters. The van der Waals surface area contributed by atoms with Gasteiger partial charge in [-0.2, -0.15) is 0 Å². The molecule has 0 saturated carbocycles. The lowest BCUT2D eigenvalue weighted by Crippen LogP contribution is -2.18. The van der Waals surface area contributed by atoms with Gasteiger partial charge in [0.1, 0.15) is 0 Å². The van der Waals surface area contributed by atoms with Gasteiger partial charge >= 0.3 is 0 Å². The van der Waals surface area contributed by atoms with Crippen molar-refractivity contribution in [2.24, 2.45) is 0 Å². The minimum absolute atomic E-state index is 0.199. The smallest absolute Gasteiger partial charge is 0.0757 e. The van der Waals surface area contributed by atoms with Crippen LogP contribution in [0, 0.1) is 13.8 Å². The number of hydrogen-bond donors (Lipinski definition) is 1. The van der Waals surface area contributed by atoms with Crippen molar-refractivity contribution in [1.82, 2.24) is 10.3 Å². The standard InChI is InChI=1S/C13H16N2S/c1-9-4-5-15-12(6-9)13(14-3)11-7-10(2)16-8-11/h4-8,13-14H,1-3H3. The van der Waals surface area contributed by atoms with Crippen molar-refractivity contribution in [3.05, 3.63) is 51.5 Å². The van der Waals surface area contributed by atoms with E-state index >= 15 is 0 Å². The molecule has 0 amide bonds. The molecule has 1 N–H and O–H groups in total. The Hall–Kier alpha value is -1.19. The highest BCUT2D eigenvalue weighted by atomic mass is 32.1. The molecule has 2 aromatic heterocycles. The lowest BCUT2D eigenvalue weighted by molar-refractivity contribution is 0.672. The van der Waals surface area contributed by atoms with Gasteiger partial charge < -0.3 is 5.32 Å². The number of thiophene rings is 1. The lowest BCUT2D eigenvalue weighted by Gasteiger charge is -2.14. The second kappa shape index (κ2) is 4.76. The Labute approximate surface area is 100 Å². The average molecular weight is 232 g/mol. The van der Waals surface area contributed by atoms with Gasteiger partial charge in [0.05, 0.1) is 11.7 Å². The monoisotopic (exact) mass is 232 g/mol. The van der Waals surface area contributed by atoms with E-state index in [1.165, 1.54) is 16.0 Å². The zero-order chi connectivity index (χ0) is 11.5. The molecule has 2 nitrogen and oxygen atoms in total. The van der Waals surface area contributed by atoms with Gasteiger partial charge in [-0.3, -0.25) is 4.98 Å². The van der Waals surface area contributed by atoms with Gasteiger partial charge in [-0.05, 0) is 55.6 Å². The second-order valence-corrected chi connectivity index (χ2v) is 5.09. The van der Waals surface area contributed by atoms with Crippen molar-refractivity contribution in [3.8, 4) is 0 Å². The van der Waals surface area contributed by atoms with Crippen molar-refractivity contribution >= 4 is 11.3 Å². The van der Waals surface area contributed by atoms with Gasteiger partial charge in [0.25, 0.3) is 0 Å². The summed E-state index contributed by atoms with van der Waals surface area (Å²) in [4.78, 5) is 5.77. The van der Waals surface area contributed by atoms with E-state index in [4.69, 9.17) is 0 Å². The van der Waals surface area contributed by atoms with Crippen molar-refractivity contribution in [3.63, 3.8) is 0 Å². The maximum atomic E-state index is 4.44. The summed E-state index contributed by atoms with van der Waals surface area (Å²) in [6.07, 6.45) is 1.87. The first-order chi connectivity index (χ1) is 7.70. The molecule has 0 bridgehead atoms. The van der Waals surface area contributed by atoms with Crippen LogP contribution in [0.3, 0.4) is 0 Å². The third-order valence-corrected chi connectivity index (χ3v) is 3.48. The number of rotatable bonds is 3. The second-order valence-electron chi connectivity index (χ2n) is 3.97. The molecule has 2 rings (SSSR count). The highest BCUT2D eigenvalue weighted by Gasteiger charge is 2.14. The molecule has 0 aliphatic rings. The highest BCUT2D eigenvalue weighted by Crippen LogP contribution is 2.25. The van der Waals surface area contributed by atoms with Crippen LogP contribution in [0.1, 0.15) is 27.7 Å². The summed E-state index contributed by atoms with van der Waals surface area (Å²) in [6, 6.07) is 6.57. The van der Waals surface area contributed by atoms with Gasteiger partial charge in [-0.25, -0.2) is 0 Å². The number of aromatic nitrogens is 1. The summed E-state index contributed by atoms with van der Waals surface area (Å²) in [6.45, 7) is 4.22. The Bertz CT molecular complexity index is 476. The lowest BCUT2D eigenvalue weighted by atomic mass is 10.1. The zero-order valence-electron chi connectivity index (χ0n) is 9.82. The number of hydrogen-bond acceptors (Lipinski definition) is 3. The summed E-state index contributed by atoms with van der Waals surface area (Å²) < 4.78 is 0. The zero-order valence-corrected chi connectivity index (χ0v) is 10.6. The van der Waals surface area contributed by atoms with Crippen LogP contribution in [0.15, 0.2) is 29.8 Å². The van der Waals surface area contributed by atoms with Crippen LogP contribution in [0.25, 0.3) is 0 Å². The third-order valence-electron chi connectivity index (χ3n) is 2.61.